The van der Waals surface area contributed by atoms with Crippen LogP contribution in [-0.4, -0.2) is 36.4 Å². The van der Waals surface area contributed by atoms with Crippen molar-refractivity contribution in [3.05, 3.63) is 12.2 Å². The molecule has 0 aliphatic rings. The first-order valence-corrected chi connectivity index (χ1v) is 18.2. The van der Waals surface area contributed by atoms with E-state index in [-0.39, 0.29) is 25.2 Å². The Hall–Kier alpha value is -1.36. The van der Waals surface area contributed by atoms with Gasteiger partial charge in [0.2, 0.25) is 0 Å². The number of hydrogen-bond donors (Lipinski definition) is 1. The molecule has 0 radical (unpaired) electrons. The van der Waals surface area contributed by atoms with Crippen LogP contribution in [0.3, 0.4) is 0 Å². The number of unbranched alkanes of at least 4 members (excludes halogenated alkanes) is 23. The molecular weight excluding hydrogens is 524 g/mol. The molecule has 0 aromatic heterocycles. The Morgan fingerprint density at radius 3 is 1.36 bits per heavy atom. The zero-order valence-corrected chi connectivity index (χ0v) is 28.0. The van der Waals surface area contributed by atoms with Crippen molar-refractivity contribution in [3.63, 3.8) is 0 Å². The Bertz CT molecular complexity index is 603. The summed E-state index contributed by atoms with van der Waals surface area (Å²) in [4.78, 5) is 24.1. The maximum Gasteiger partial charge on any atom is 0.306 e. The molecule has 0 heterocycles. The number of carbonyl (C=O) groups excluding carboxylic acids is 2. The van der Waals surface area contributed by atoms with Gasteiger partial charge in [-0.3, -0.25) is 9.59 Å². The Morgan fingerprint density at radius 1 is 0.524 bits per heavy atom. The van der Waals surface area contributed by atoms with Crippen LogP contribution in [0.4, 0.5) is 0 Å². The molecule has 0 aliphatic heterocycles. The number of rotatable bonds is 33. The molecule has 248 valence electrons. The summed E-state index contributed by atoms with van der Waals surface area (Å²) in [6, 6.07) is 0. The Kier molecular flexibility index (Phi) is 33.0. The van der Waals surface area contributed by atoms with E-state index in [9.17, 15) is 14.7 Å². The summed E-state index contributed by atoms with van der Waals surface area (Å²) in [7, 11) is 0. The van der Waals surface area contributed by atoms with Crippen LogP contribution in [-0.2, 0) is 19.1 Å². The monoisotopic (exact) mass is 595 g/mol. The van der Waals surface area contributed by atoms with Crippen LogP contribution in [0.5, 0.6) is 0 Å². The second-order valence-corrected chi connectivity index (χ2v) is 12.3. The zero-order chi connectivity index (χ0) is 30.8. The van der Waals surface area contributed by atoms with Crippen molar-refractivity contribution >= 4 is 11.9 Å². The smallest absolute Gasteiger partial charge is 0.306 e. The summed E-state index contributed by atoms with van der Waals surface area (Å²) >= 11 is 0. The van der Waals surface area contributed by atoms with Crippen LogP contribution in [0.25, 0.3) is 0 Å². The highest BCUT2D eigenvalue weighted by Crippen LogP contribution is 2.15. The number of aliphatic hydroxyl groups excluding tert-OH is 1. The van der Waals surface area contributed by atoms with Gasteiger partial charge in [0, 0.05) is 12.8 Å². The van der Waals surface area contributed by atoms with Crippen molar-refractivity contribution in [1.82, 2.24) is 0 Å². The van der Waals surface area contributed by atoms with Crippen molar-refractivity contribution in [2.75, 3.05) is 13.2 Å². The third-order valence-electron chi connectivity index (χ3n) is 8.06. The van der Waals surface area contributed by atoms with E-state index >= 15 is 0 Å². The van der Waals surface area contributed by atoms with Gasteiger partial charge >= 0.3 is 11.9 Å². The summed E-state index contributed by atoms with van der Waals surface area (Å²) in [6.07, 6.45) is 37.0. The van der Waals surface area contributed by atoms with Crippen LogP contribution in [0.1, 0.15) is 194 Å². The minimum atomic E-state index is -0.767. The van der Waals surface area contributed by atoms with Crippen LogP contribution in [0, 0.1) is 0 Å². The minimum Gasteiger partial charge on any atom is -0.462 e. The molecule has 1 N–H and O–H groups in total. The van der Waals surface area contributed by atoms with Gasteiger partial charge in [0.1, 0.15) is 6.61 Å². The maximum absolute atomic E-state index is 12.1. The van der Waals surface area contributed by atoms with E-state index in [2.05, 4.69) is 26.0 Å². The van der Waals surface area contributed by atoms with Gasteiger partial charge in [-0.15, -0.1) is 0 Å². The maximum atomic E-state index is 12.1. The Labute approximate surface area is 261 Å². The fraction of sp³-hybridized carbons (Fsp3) is 0.892. The molecule has 0 bridgehead atoms. The topological polar surface area (TPSA) is 72.8 Å². The lowest BCUT2D eigenvalue weighted by Crippen LogP contribution is -2.28. The lowest BCUT2D eigenvalue weighted by Gasteiger charge is -2.15. The van der Waals surface area contributed by atoms with E-state index in [0.29, 0.717) is 12.8 Å². The molecule has 0 aromatic carbocycles. The van der Waals surface area contributed by atoms with E-state index in [4.69, 9.17) is 9.47 Å². The number of carbonyl (C=O) groups is 2. The normalized spacial score (nSPS) is 12.2. The summed E-state index contributed by atoms with van der Waals surface area (Å²) in [5, 5.41) is 9.51. The molecule has 0 aromatic rings. The predicted octanol–water partition coefficient (Wildman–Crippen LogP) is 11.0. The molecule has 0 fully saturated rings. The highest BCUT2D eigenvalue weighted by atomic mass is 16.6. The quantitative estimate of drug-likeness (QED) is 0.0465. The van der Waals surface area contributed by atoms with E-state index in [0.717, 1.165) is 44.9 Å². The first kappa shape index (κ1) is 40.6. The Balaban J connectivity index is 3.51. The van der Waals surface area contributed by atoms with E-state index in [1.807, 2.05) is 0 Å². The molecule has 0 rings (SSSR count). The molecular formula is C37H70O5. The van der Waals surface area contributed by atoms with Gasteiger partial charge in [0.25, 0.3) is 0 Å². The lowest BCUT2D eigenvalue weighted by molar-refractivity contribution is -0.161. The van der Waals surface area contributed by atoms with Crippen molar-refractivity contribution in [2.24, 2.45) is 0 Å². The summed E-state index contributed by atoms with van der Waals surface area (Å²) in [5.74, 6) is -0.595. The molecule has 0 saturated heterocycles. The van der Waals surface area contributed by atoms with Gasteiger partial charge in [-0.2, -0.15) is 0 Å². The molecule has 0 unspecified atom stereocenters. The highest BCUT2D eigenvalue weighted by Gasteiger charge is 2.16. The summed E-state index contributed by atoms with van der Waals surface area (Å²) in [6.45, 7) is 4.10. The van der Waals surface area contributed by atoms with Gasteiger partial charge < -0.3 is 14.6 Å². The van der Waals surface area contributed by atoms with Crippen LogP contribution in [0.2, 0.25) is 0 Å². The highest BCUT2D eigenvalue weighted by molar-refractivity contribution is 5.70. The third-order valence-corrected chi connectivity index (χ3v) is 8.06. The number of hydrogen-bond acceptors (Lipinski definition) is 5. The molecule has 0 saturated carbocycles. The van der Waals surface area contributed by atoms with Gasteiger partial charge in [0.05, 0.1) is 6.61 Å². The van der Waals surface area contributed by atoms with Crippen molar-refractivity contribution in [1.29, 1.82) is 0 Å². The number of esters is 2. The average Bonchev–Trinajstić information content (AvgIpc) is 2.99. The molecule has 0 aliphatic carbocycles. The van der Waals surface area contributed by atoms with E-state index in [1.165, 1.54) is 122 Å². The second kappa shape index (κ2) is 34.1. The van der Waals surface area contributed by atoms with Crippen LogP contribution >= 0.6 is 0 Å². The second-order valence-electron chi connectivity index (χ2n) is 12.3. The largest absolute Gasteiger partial charge is 0.462 e. The van der Waals surface area contributed by atoms with Gasteiger partial charge in [-0.1, -0.05) is 161 Å². The Morgan fingerprint density at radius 2 is 0.905 bits per heavy atom. The molecule has 5 heteroatoms. The zero-order valence-electron chi connectivity index (χ0n) is 28.0. The third kappa shape index (κ3) is 31.6. The summed E-state index contributed by atoms with van der Waals surface area (Å²) in [5.41, 5.74) is 0. The van der Waals surface area contributed by atoms with Crippen molar-refractivity contribution in [2.45, 2.75) is 200 Å². The first-order valence-electron chi connectivity index (χ1n) is 18.2. The molecule has 0 spiro atoms. The van der Waals surface area contributed by atoms with Crippen molar-refractivity contribution in [3.8, 4) is 0 Å². The van der Waals surface area contributed by atoms with Gasteiger partial charge in [-0.05, 0) is 32.1 Å². The number of aliphatic hydroxyl groups is 1. The van der Waals surface area contributed by atoms with Gasteiger partial charge in [0.15, 0.2) is 6.10 Å². The average molecular weight is 595 g/mol. The van der Waals surface area contributed by atoms with E-state index < -0.39 is 6.10 Å². The van der Waals surface area contributed by atoms with Gasteiger partial charge in [-0.25, -0.2) is 0 Å². The molecule has 42 heavy (non-hydrogen) atoms. The first-order chi connectivity index (χ1) is 20.6. The number of allylic oxidation sites excluding steroid dienone is 2. The molecule has 0 amide bonds. The standard InChI is InChI=1S/C37H70O5/c1-3-5-7-9-11-13-15-16-17-18-19-20-22-23-25-27-29-31-36(39)41-34-35(33-38)42-37(40)32-30-28-26-24-21-14-12-10-8-6-4-2/h10,12,35,38H,3-9,11,13-34H2,1-2H3/b12-10-/t35-/m0/s1. The summed E-state index contributed by atoms with van der Waals surface area (Å²) < 4.78 is 10.6. The van der Waals surface area contributed by atoms with Crippen molar-refractivity contribution < 1.29 is 24.2 Å². The fourth-order valence-electron chi connectivity index (χ4n) is 5.24. The SMILES string of the molecule is CCCC/C=C\CCCCCCCC(=O)O[C@@H](CO)COC(=O)CCCCCCCCCCCCCCCCCCC. The van der Waals surface area contributed by atoms with Crippen LogP contribution < -0.4 is 0 Å². The van der Waals surface area contributed by atoms with E-state index in [1.54, 1.807) is 0 Å². The molecule has 1 atom stereocenters. The number of ether oxygens (including phenoxy) is 2. The minimum absolute atomic E-state index is 0.0637. The van der Waals surface area contributed by atoms with Crippen LogP contribution in [0.15, 0.2) is 12.2 Å². The fourth-order valence-corrected chi connectivity index (χ4v) is 5.24. The predicted molar refractivity (Wildman–Crippen MR) is 178 cm³/mol. The lowest BCUT2D eigenvalue weighted by atomic mass is 10.0. The molecule has 5 nitrogen and oxygen atoms in total.